The number of rotatable bonds is 4. The molecule has 1 aromatic rings. The predicted octanol–water partition coefficient (Wildman–Crippen LogP) is 1.50. The minimum atomic E-state index is -0.474. The molecule has 0 radical (unpaired) electrons. The number of ether oxygens (including phenoxy) is 2. The minimum absolute atomic E-state index is 0.0348. The molecule has 4 fully saturated rings. The maximum absolute atomic E-state index is 12.5. The second kappa shape index (κ2) is 7.16. The highest BCUT2D eigenvalue weighted by atomic mass is 16.6. The molecule has 8 nitrogen and oxygen atoms in total. The fourth-order valence-corrected chi connectivity index (χ4v) is 4.97. The van der Waals surface area contributed by atoms with Gasteiger partial charge in [0.25, 0.3) is 0 Å². The number of nitrogens with zero attached hydrogens (tertiary/aromatic N) is 4. The van der Waals surface area contributed by atoms with Gasteiger partial charge < -0.3 is 14.4 Å². The van der Waals surface area contributed by atoms with Crippen molar-refractivity contribution in [1.29, 1.82) is 0 Å². The number of piperazine rings is 1. The highest BCUT2D eigenvalue weighted by Gasteiger charge is 2.57. The Balaban J connectivity index is 1.27. The Bertz CT molecular complexity index is 804. The Hall–Kier alpha value is -2.35. The molecule has 156 valence electrons. The minimum Gasteiger partial charge on any atom is -0.481 e. The summed E-state index contributed by atoms with van der Waals surface area (Å²) >= 11 is 0. The number of hydrogen-bond acceptors (Lipinski definition) is 6. The highest BCUT2D eigenvalue weighted by molar-refractivity contribution is 5.81. The normalized spacial score (nSPS) is 26.4. The largest absolute Gasteiger partial charge is 0.481 e. The summed E-state index contributed by atoms with van der Waals surface area (Å²) in [6, 6.07) is 5.83. The van der Waals surface area contributed by atoms with Crippen LogP contribution in [0.4, 0.5) is 4.79 Å². The van der Waals surface area contributed by atoms with E-state index in [0.717, 1.165) is 51.0 Å². The van der Waals surface area contributed by atoms with E-state index in [-0.39, 0.29) is 24.0 Å². The first-order valence-corrected chi connectivity index (χ1v) is 10.6. The summed E-state index contributed by atoms with van der Waals surface area (Å²) in [7, 11) is 1.62. The Morgan fingerprint density at radius 1 is 1.24 bits per heavy atom. The van der Waals surface area contributed by atoms with E-state index in [1.807, 2.05) is 28.0 Å². The lowest BCUT2D eigenvalue weighted by Gasteiger charge is -2.45. The average molecular weight is 400 g/mol. The van der Waals surface area contributed by atoms with Gasteiger partial charge in [0, 0.05) is 64.1 Å². The molecule has 8 heteroatoms. The van der Waals surface area contributed by atoms with Crippen LogP contribution >= 0.6 is 0 Å². The van der Waals surface area contributed by atoms with Gasteiger partial charge in [0.2, 0.25) is 11.8 Å². The lowest BCUT2D eigenvalue weighted by molar-refractivity contribution is -0.137. The van der Waals surface area contributed by atoms with E-state index in [1.54, 1.807) is 7.11 Å². The van der Waals surface area contributed by atoms with E-state index in [1.165, 1.54) is 0 Å². The van der Waals surface area contributed by atoms with Gasteiger partial charge in [-0.15, -0.1) is 0 Å². The molecule has 29 heavy (non-hydrogen) atoms. The average Bonchev–Trinajstić information content (AvgIpc) is 3.55. The van der Waals surface area contributed by atoms with Crippen LogP contribution in [0.15, 0.2) is 18.2 Å². The third-order valence-corrected chi connectivity index (χ3v) is 6.82. The monoisotopic (exact) mass is 400 g/mol. The Labute approximate surface area is 170 Å². The van der Waals surface area contributed by atoms with E-state index < -0.39 is 5.60 Å². The van der Waals surface area contributed by atoms with Crippen LogP contribution in [-0.4, -0.2) is 83.2 Å². The first kappa shape index (κ1) is 18.7. The van der Waals surface area contributed by atoms with Gasteiger partial charge in [-0.1, -0.05) is 6.07 Å². The number of hydrogen-bond donors (Lipinski definition) is 0. The van der Waals surface area contributed by atoms with E-state index in [2.05, 4.69) is 9.88 Å². The molecule has 0 N–H and O–H groups in total. The third kappa shape index (κ3) is 3.43. The van der Waals surface area contributed by atoms with Crippen LogP contribution in [0.5, 0.6) is 5.88 Å². The highest BCUT2D eigenvalue weighted by Crippen LogP contribution is 2.41. The summed E-state index contributed by atoms with van der Waals surface area (Å²) < 4.78 is 11.2. The maximum Gasteiger partial charge on any atom is 0.410 e. The second-order valence-electron chi connectivity index (χ2n) is 8.65. The van der Waals surface area contributed by atoms with Crippen molar-refractivity contribution < 1.29 is 19.1 Å². The van der Waals surface area contributed by atoms with Crippen LogP contribution in [0.2, 0.25) is 0 Å². The number of piperidine rings is 1. The van der Waals surface area contributed by atoms with E-state index in [9.17, 15) is 9.59 Å². The Kier molecular flexibility index (Phi) is 4.61. The number of likely N-dealkylation sites (tertiary alicyclic amines) is 1. The molecule has 1 aromatic heterocycles. The molecule has 3 aliphatic heterocycles. The van der Waals surface area contributed by atoms with Crippen molar-refractivity contribution in [1.82, 2.24) is 19.7 Å². The molecule has 1 unspecified atom stereocenters. The van der Waals surface area contributed by atoms with Gasteiger partial charge in [0.1, 0.15) is 5.60 Å². The van der Waals surface area contributed by atoms with Gasteiger partial charge in [0.05, 0.1) is 18.8 Å². The maximum atomic E-state index is 12.5. The standard InChI is InChI=1S/C21H28N4O4/c1-28-18-4-2-3-16(22-18)13-23-11-12-25-17(14-23)21(29-20(25)27)7-9-24(10-8-21)19(26)15-5-6-15/h2-4,15,17H,5-14H2,1H3. The van der Waals surface area contributed by atoms with Gasteiger partial charge in [0.15, 0.2) is 0 Å². The van der Waals surface area contributed by atoms with Crippen LogP contribution in [0.1, 0.15) is 31.4 Å². The number of pyridine rings is 1. The smallest absolute Gasteiger partial charge is 0.410 e. The number of methoxy groups -OCH3 is 1. The number of carbonyl (C=O) groups excluding carboxylic acids is 2. The van der Waals surface area contributed by atoms with Crippen molar-refractivity contribution in [3.8, 4) is 5.88 Å². The fourth-order valence-electron chi connectivity index (χ4n) is 4.97. The zero-order valence-electron chi connectivity index (χ0n) is 16.9. The molecule has 1 atom stereocenters. The molecule has 4 aliphatic rings. The Morgan fingerprint density at radius 2 is 2.03 bits per heavy atom. The zero-order chi connectivity index (χ0) is 20.0. The predicted molar refractivity (Wildman–Crippen MR) is 104 cm³/mol. The number of fused-ring (bicyclic) bond motifs is 2. The molecule has 0 bridgehead atoms. The van der Waals surface area contributed by atoms with Gasteiger partial charge in [-0.25, -0.2) is 9.78 Å². The van der Waals surface area contributed by atoms with Gasteiger partial charge in [-0.3, -0.25) is 14.6 Å². The molecule has 0 aromatic carbocycles. The number of carbonyl (C=O) groups is 2. The van der Waals surface area contributed by atoms with Gasteiger partial charge in [-0.05, 0) is 18.9 Å². The third-order valence-electron chi connectivity index (χ3n) is 6.82. The zero-order valence-corrected chi connectivity index (χ0v) is 16.9. The van der Waals surface area contributed by atoms with Crippen LogP contribution in [0, 0.1) is 5.92 Å². The summed E-state index contributed by atoms with van der Waals surface area (Å²) in [5.41, 5.74) is 0.486. The van der Waals surface area contributed by atoms with E-state index in [4.69, 9.17) is 9.47 Å². The van der Waals surface area contributed by atoms with Crippen molar-refractivity contribution in [2.75, 3.05) is 39.8 Å². The van der Waals surface area contributed by atoms with E-state index >= 15 is 0 Å². The van der Waals surface area contributed by atoms with Crippen molar-refractivity contribution in [2.45, 2.75) is 43.9 Å². The molecule has 1 aliphatic carbocycles. The molecule has 1 saturated carbocycles. The summed E-state index contributed by atoms with van der Waals surface area (Å²) in [4.78, 5) is 35.7. The first-order chi connectivity index (χ1) is 14.1. The second-order valence-corrected chi connectivity index (χ2v) is 8.65. The van der Waals surface area contributed by atoms with Crippen LogP contribution in [-0.2, 0) is 16.1 Å². The van der Waals surface area contributed by atoms with E-state index in [0.29, 0.717) is 25.5 Å². The number of amides is 2. The quantitative estimate of drug-likeness (QED) is 0.763. The van der Waals surface area contributed by atoms with Gasteiger partial charge >= 0.3 is 6.09 Å². The van der Waals surface area contributed by atoms with Crippen molar-refractivity contribution in [3.05, 3.63) is 23.9 Å². The fraction of sp³-hybridized carbons (Fsp3) is 0.667. The van der Waals surface area contributed by atoms with Gasteiger partial charge in [-0.2, -0.15) is 0 Å². The van der Waals surface area contributed by atoms with Crippen molar-refractivity contribution in [3.63, 3.8) is 0 Å². The Morgan fingerprint density at radius 3 is 2.76 bits per heavy atom. The van der Waals surface area contributed by atoms with Crippen LogP contribution < -0.4 is 4.74 Å². The van der Waals surface area contributed by atoms with Crippen molar-refractivity contribution in [2.24, 2.45) is 5.92 Å². The van der Waals surface area contributed by atoms with Crippen LogP contribution in [0.25, 0.3) is 0 Å². The summed E-state index contributed by atoms with van der Waals surface area (Å²) in [6.45, 7) is 4.32. The lowest BCUT2D eigenvalue weighted by Crippen LogP contribution is -2.60. The van der Waals surface area contributed by atoms with Crippen LogP contribution in [0.3, 0.4) is 0 Å². The molecule has 4 heterocycles. The van der Waals surface area contributed by atoms with Crippen molar-refractivity contribution >= 4 is 12.0 Å². The molecule has 5 rings (SSSR count). The summed E-state index contributed by atoms with van der Waals surface area (Å²) in [5, 5.41) is 0. The lowest BCUT2D eigenvalue weighted by atomic mass is 9.83. The topological polar surface area (TPSA) is 75.2 Å². The number of aromatic nitrogens is 1. The first-order valence-electron chi connectivity index (χ1n) is 10.6. The molecule has 1 spiro atoms. The molecular formula is C21H28N4O4. The molecule has 3 saturated heterocycles. The molecular weight excluding hydrogens is 372 g/mol. The SMILES string of the molecule is COc1cccc(CN2CCN3C(=O)OC4(CCN(C(=O)C5CC5)CC4)C3C2)n1. The molecule has 2 amide bonds. The summed E-state index contributed by atoms with van der Waals surface area (Å²) in [6.07, 6.45) is 3.31. The summed E-state index contributed by atoms with van der Waals surface area (Å²) in [5.74, 6) is 1.15.